The molecule has 0 radical (unpaired) electrons. The van der Waals surface area contributed by atoms with Gasteiger partial charge in [-0.3, -0.25) is 0 Å². The van der Waals surface area contributed by atoms with E-state index in [-0.39, 0.29) is 0 Å². The lowest BCUT2D eigenvalue weighted by atomic mass is 9.94. The summed E-state index contributed by atoms with van der Waals surface area (Å²) in [4.78, 5) is 0.940. The van der Waals surface area contributed by atoms with Crippen molar-refractivity contribution >= 4 is 22.9 Å². The molecule has 0 fully saturated rings. The summed E-state index contributed by atoms with van der Waals surface area (Å²) >= 11 is 5.43. The SMILES string of the molecule is S=C1Nc2ccccc2C1Cc1ccccc1. The summed E-state index contributed by atoms with van der Waals surface area (Å²) in [5.74, 6) is 0.323. The maximum absolute atomic E-state index is 5.43. The van der Waals surface area contributed by atoms with E-state index in [1.807, 2.05) is 12.1 Å². The van der Waals surface area contributed by atoms with Crippen LogP contribution < -0.4 is 5.32 Å². The molecule has 0 spiro atoms. The predicted molar refractivity (Wildman–Crippen MR) is 75.5 cm³/mol. The number of thiocarbonyl (C=S) groups is 1. The quantitative estimate of drug-likeness (QED) is 0.801. The monoisotopic (exact) mass is 239 g/mol. The maximum atomic E-state index is 5.43. The van der Waals surface area contributed by atoms with Crippen LogP contribution in [0.15, 0.2) is 54.6 Å². The Morgan fingerprint density at radius 3 is 2.47 bits per heavy atom. The third-order valence-corrected chi connectivity index (χ3v) is 3.58. The molecule has 0 amide bonds. The molecule has 84 valence electrons. The van der Waals surface area contributed by atoms with E-state index in [0.717, 1.165) is 11.4 Å². The number of benzene rings is 2. The highest BCUT2D eigenvalue weighted by Gasteiger charge is 2.26. The zero-order valence-corrected chi connectivity index (χ0v) is 10.2. The molecule has 2 heteroatoms. The van der Waals surface area contributed by atoms with Crippen molar-refractivity contribution in [3.8, 4) is 0 Å². The van der Waals surface area contributed by atoms with Crippen molar-refractivity contribution in [2.45, 2.75) is 12.3 Å². The van der Waals surface area contributed by atoms with Crippen molar-refractivity contribution in [3.05, 3.63) is 65.7 Å². The molecule has 1 aliphatic rings. The Morgan fingerprint density at radius 1 is 0.941 bits per heavy atom. The molecule has 1 nitrogen and oxygen atoms in total. The third kappa shape index (κ3) is 1.96. The Balaban J connectivity index is 1.92. The van der Waals surface area contributed by atoms with Gasteiger partial charge >= 0.3 is 0 Å². The second kappa shape index (κ2) is 4.30. The molecule has 1 unspecified atom stereocenters. The van der Waals surface area contributed by atoms with Gasteiger partial charge in [-0.25, -0.2) is 0 Å². The topological polar surface area (TPSA) is 12.0 Å². The minimum absolute atomic E-state index is 0.323. The first-order valence-corrected chi connectivity index (χ1v) is 6.19. The lowest BCUT2D eigenvalue weighted by Gasteiger charge is -2.10. The third-order valence-electron chi connectivity index (χ3n) is 3.19. The van der Waals surface area contributed by atoms with Crippen LogP contribution in [-0.4, -0.2) is 4.99 Å². The zero-order chi connectivity index (χ0) is 11.7. The second-order valence-electron chi connectivity index (χ2n) is 4.32. The van der Waals surface area contributed by atoms with Crippen LogP contribution in [0, 0.1) is 0 Å². The Kier molecular flexibility index (Phi) is 2.65. The highest BCUT2D eigenvalue weighted by molar-refractivity contribution is 7.80. The Bertz CT molecular complexity index is 548. The van der Waals surface area contributed by atoms with Crippen LogP contribution in [0.3, 0.4) is 0 Å². The summed E-state index contributed by atoms with van der Waals surface area (Å²) in [6, 6.07) is 18.9. The highest BCUT2D eigenvalue weighted by atomic mass is 32.1. The van der Waals surface area contributed by atoms with Crippen LogP contribution in [0.25, 0.3) is 0 Å². The van der Waals surface area contributed by atoms with Gasteiger partial charge in [-0.1, -0.05) is 60.7 Å². The Hall–Kier alpha value is -1.67. The highest BCUT2D eigenvalue weighted by Crippen LogP contribution is 2.35. The summed E-state index contributed by atoms with van der Waals surface area (Å²) in [5, 5.41) is 3.30. The molecule has 1 aliphatic heterocycles. The molecule has 1 heterocycles. The van der Waals surface area contributed by atoms with Gasteiger partial charge in [0, 0.05) is 11.6 Å². The predicted octanol–water partition coefficient (Wildman–Crippen LogP) is 3.77. The molecule has 1 N–H and O–H groups in total. The molecule has 2 aromatic rings. The average Bonchev–Trinajstić information content (AvgIpc) is 2.68. The fourth-order valence-electron chi connectivity index (χ4n) is 2.33. The van der Waals surface area contributed by atoms with Gasteiger partial charge in [0.2, 0.25) is 0 Å². The van der Waals surface area contributed by atoms with Crippen LogP contribution in [0.2, 0.25) is 0 Å². The number of nitrogens with one attached hydrogen (secondary N) is 1. The minimum Gasteiger partial charge on any atom is -0.349 e. The second-order valence-corrected chi connectivity index (χ2v) is 4.76. The van der Waals surface area contributed by atoms with E-state index >= 15 is 0 Å². The lowest BCUT2D eigenvalue weighted by Crippen LogP contribution is -2.11. The number of hydrogen-bond donors (Lipinski definition) is 1. The van der Waals surface area contributed by atoms with Crippen LogP contribution in [-0.2, 0) is 6.42 Å². The summed E-state index contributed by atoms with van der Waals surface area (Å²) in [6.07, 6.45) is 0.976. The lowest BCUT2D eigenvalue weighted by molar-refractivity contribution is 0.907. The van der Waals surface area contributed by atoms with Gasteiger partial charge in [0.25, 0.3) is 0 Å². The molecule has 0 aromatic heterocycles. The van der Waals surface area contributed by atoms with Gasteiger partial charge in [-0.05, 0) is 23.6 Å². The fraction of sp³-hybridized carbons (Fsp3) is 0.133. The maximum Gasteiger partial charge on any atom is 0.0877 e. The number of fused-ring (bicyclic) bond motifs is 1. The molecule has 1 atom stereocenters. The average molecular weight is 239 g/mol. The first-order valence-electron chi connectivity index (χ1n) is 5.78. The van der Waals surface area contributed by atoms with E-state index < -0.39 is 0 Å². The first kappa shape index (κ1) is 10.5. The molecule has 0 bridgehead atoms. The van der Waals surface area contributed by atoms with Crippen molar-refractivity contribution in [2.75, 3.05) is 5.32 Å². The van der Waals surface area contributed by atoms with Crippen molar-refractivity contribution < 1.29 is 0 Å². The van der Waals surface area contributed by atoms with E-state index in [4.69, 9.17) is 12.2 Å². The number of hydrogen-bond acceptors (Lipinski definition) is 1. The van der Waals surface area contributed by atoms with Crippen molar-refractivity contribution in [1.82, 2.24) is 0 Å². The fourth-order valence-corrected chi connectivity index (χ4v) is 2.65. The molecule has 17 heavy (non-hydrogen) atoms. The minimum atomic E-state index is 0.323. The van der Waals surface area contributed by atoms with Gasteiger partial charge in [0.1, 0.15) is 0 Å². The molecule has 0 saturated heterocycles. The number of rotatable bonds is 2. The Morgan fingerprint density at radius 2 is 1.65 bits per heavy atom. The van der Waals surface area contributed by atoms with Crippen molar-refractivity contribution in [2.24, 2.45) is 0 Å². The van der Waals surface area contributed by atoms with Crippen LogP contribution >= 0.6 is 12.2 Å². The van der Waals surface area contributed by atoms with E-state index in [1.54, 1.807) is 0 Å². The number of para-hydroxylation sites is 1. The largest absolute Gasteiger partial charge is 0.349 e. The zero-order valence-electron chi connectivity index (χ0n) is 9.39. The standard InChI is InChI=1S/C15H13NS/c17-15-13(10-11-6-2-1-3-7-11)12-8-4-5-9-14(12)16-15/h1-9,13H,10H2,(H,16,17). The Labute approximate surface area is 106 Å². The van der Waals surface area contributed by atoms with Gasteiger partial charge in [-0.15, -0.1) is 0 Å². The molecule has 0 saturated carbocycles. The number of anilines is 1. The van der Waals surface area contributed by atoms with Gasteiger partial charge in [-0.2, -0.15) is 0 Å². The molecule has 0 aliphatic carbocycles. The summed E-state index contributed by atoms with van der Waals surface area (Å²) in [7, 11) is 0. The van der Waals surface area contributed by atoms with Crippen LogP contribution in [0.5, 0.6) is 0 Å². The van der Waals surface area contributed by atoms with Crippen molar-refractivity contribution in [3.63, 3.8) is 0 Å². The van der Waals surface area contributed by atoms with Gasteiger partial charge in [0.05, 0.1) is 4.99 Å². The van der Waals surface area contributed by atoms with Crippen LogP contribution in [0.4, 0.5) is 5.69 Å². The summed E-state index contributed by atoms with van der Waals surface area (Å²) < 4.78 is 0. The van der Waals surface area contributed by atoms with E-state index in [2.05, 4.69) is 47.8 Å². The molecular weight excluding hydrogens is 226 g/mol. The molecule has 2 aromatic carbocycles. The van der Waals surface area contributed by atoms with E-state index in [9.17, 15) is 0 Å². The van der Waals surface area contributed by atoms with Gasteiger partial charge in [0.15, 0.2) is 0 Å². The van der Waals surface area contributed by atoms with E-state index in [0.29, 0.717) is 5.92 Å². The smallest absolute Gasteiger partial charge is 0.0877 e. The molecule has 3 rings (SSSR count). The summed E-state index contributed by atoms with van der Waals surface area (Å²) in [5.41, 5.74) is 3.82. The van der Waals surface area contributed by atoms with E-state index in [1.165, 1.54) is 16.8 Å². The summed E-state index contributed by atoms with van der Waals surface area (Å²) in [6.45, 7) is 0. The normalized spacial score (nSPS) is 17.6. The first-order chi connectivity index (χ1) is 8.34. The van der Waals surface area contributed by atoms with Crippen molar-refractivity contribution in [1.29, 1.82) is 0 Å². The molecular formula is C15H13NS. The van der Waals surface area contributed by atoms with Gasteiger partial charge < -0.3 is 5.32 Å². The van der Waals surface area contributed by atoms with Crippen LogP contribution in [0.1, 0.15) is 17.0 Å².